The van der Waals surface area contributed by atoms with E-state index in [1.807, 2.05) is 0 Å². The summed E-state index contributed by atoms with van der Waals surface area (Å²) < 4.78 is 46.9. The molecule has 1 N–H and O–H groups in total. The van der Waals surface area contributed by atoms with Crippen molar-refractivity contribution >= 4 is 34.8 Å². The minimum Gasteiger partial charge on any atom is -0.462 e. The Morgan fingerprint density at radius 1 is 1.25 bits per heavy atom. The summed E-state index contributed by atoms with van der Waals surface area (Å²) >= 11 is 5.81. The third-order valence-corrected chi connectivity index (χ3v) is 5.87. The summed E-state index contributed by atoms with van der Waals surface area (Å²) in [6, 6.07) is 7.36. The molecule has 0 fully saturated rings. The van der Waals surface area contributed by atoms with Crippen LogP contribution in [0.2, 0.25) is 5.02 Å². The van der Waals surface area contributed by atoms with E-state index in [4.69, 9.17) is 16.3 Å². The van der Waals surface area contributed by atoms with Crippen molar-refractivity contribution in [3.63, 3.8) is 0 Å². The fourth-order valence-electron chi connectivity index (χ4n) is 3.63. The number of fused-ring (bicyclic) bond motifs is 1. The molecule has 0 aliphatic heterocycles. The van der Waals surface area contributed by atoms with E-state index in [2.05, 4.69) is 20.5 Å². The molecule has 0 bridgehead atoms. The van der Waals surface area contributed by atoms with Gasteiger partial charge in [-0.25, -0.2) is 14.3 Å². The first-order valence-electron chi connectivity index (χ1n) is 10.8. The number of ether oxygens (including phenoxy) is 1. The predicted molar refractivity (Wildman–Crippen MR) is 125 cm³/mol. The van der Waals surface area contributed by atoms with Gasteiger partial charge < -0.3 is 10.1 Å². The Morgan fingerprint density at radius 3 is 2.67 bits per heavy atom. The number of nitrogens with one attached hydrogen (secondary N) is 1. The maximum absolute atomic E-state index is 13.2. The van der Waals surface area contributed by atoms with Crippen LogP contribution in [0.3, 0.4) is 0 Å². The number of anilines is 1. The lowest BCUT2D eigenvalue weighted by Gasteiger charge is -2.15. The van der Waals surface area contributed by atoms with Gasteiger partial charge in [-0.3, -0.25) is 9.48 Å². The second-order valence-electron chi connectivity index (χ2n) is 7.78. The third-order valence-electron chi connectivity index (χ3n) is 5.41. The van der Waals surface area contributed by atoms with Crippen molar-refractivity contribution in [2.75, 3.05) is 11.9 Å². The molecule has 3 heterocycles. The fraction of sp³-hybridized carbons (Fsp3) is 0.261. The van der Waals surface area contributed by atoms with Crippen molar-refractivity contribution in [1.82, 2.24) is 24.4 Å². The molecule has 0 aliphatic carbocycles. The van der Waals surface area contributed by atoms with Crippen LogP contribution in [0.25, 0.3) is 16.9 Å². The Kier molecular flexibility index (Phi) is 6.72. The van der Waals surface area contributed by atoms with Crippen molar-refractivity contribution < 1.29 is 27.5 Å². The Morgan fingerprint density at radius 2 is 2.00 bits per heavy atom. The quantitative estimate of drug-likeness (QED) is 0.361. The lowest BCUT2D eigenvalue weighted by atomic mass is 10.1. The van der Waals surface area contributed by atoms with Gasteiger partial charge in [-0.05, 0) is 39.0 Å². The average Bonchev–Trinajstić information content (AvgIpc) is 3.40. The highest BCUT2D eigenvalue weighted by molar-refractivity contribution is 6.32. The lowest BCUT2D eigenvalue weighted by Crippen LogP contribution is -2.25. The molecule has 1 amide bonds. The molecule has 4 rings (SSSR count). The van der Waals surface area contributed by atoms with Crippen molar-refractivity contribution in [2.45, 2.75) is 33.0 Å². The van der Waals surface area contributed by atoms with Crippen LogP contribution in [-0.4, -0.2) is 42.9 Å². The molecule has 9 nitrogen and oxygen atoms in total. The molecule has 0 aliphatic rings. The van der Waals surface area contributed by atoms with Crippen LogP contribution in [0.4, 0.5) is 18.9 Å². The molecule has 0 saturated heterocycles. The minimum absolute atomic E-state index is 0.0238. The monoisotopic (exact) mass is 520 g/mol. The number of halogens is 4. The first kappa shape index (κ1) is 25.2. The highest BCUT2D eigenvalue weighted by Crippen LogP contribution is 2.36. The van der Waals surface area contributed by atoms with Gasteiger partial charge in [0.05, 0.1) is 29.2 Å². The zero-order valence-electron chi connectivity index (χ0n) is 19.3. The lowest BCUT2D eigenvalue weighted by molar-refractivity contribution is -0.141. The normalized spacial score (nSPS) is 12.5. The van der Waals surface area contributed by atoms with Gasteiger partial charge in [-0.2, -0.15) is 23.4 Å². The van der Waals surface area contributed by atoms with Crippen molar-refractivity contribution in [3.05, 3.63) is 64.7 Å². The van der Waals surface area contributed by atoms with Gasteiger partial charge in [-0.15, -0.1) is 0 Å². The number of carbonyl (C=O) groups is 2. The molecule has 13 heteroatoms. The number of amides is 1. The van der Waals surface area contributed by atoms with Crippen LogP contribution in [0.15, 0.2) is 42.7 Å². The Balaban J connectivity index is 1.61. The highest BCUT2D eigenvalue weighted by atomic mass is 35.5. The molecule has 4 aromatic rings. The molecule has 0 spiro atoms. The van der Waals surface area contributed by atoms with Crippen molar-refractivity contribution in [2.24, 2.45) is 0 Å². The SMILES string of the molecule is CCOC(=O)c1cnn2c(-c3cccc(NC(=O)C(C)n4nc(C(F)(F)F)c(Cl)c4C)c3)ccnc12. The maximum atomic E-state index is 13.2. The Hall–Kier alpha value is -3.93. The van der Waals surface area contributed by atoms with E-state index < -0.39 is 34.8 Å². The van der Waals surface area contributed by atoms with Crippen LogP contribution in [-0.2, 0) is 15.7 Å². The van der Waals surface area contributed by atoms with E-state index >= 15 is 0 Å². The summed E-state index contributed by atoms with van der Waals surface area (Å²) in [4.78, 5) is 29.3. The number of esters is 1. The van der Waals surface area contributed by atoms with E-state index in [1.165, 1.54) is 30.8 Å². The van der Waals surface area contributed by atoms with E-state index in [9.17, 15) is 22.8 Å². The standard InChI is InChI=1S/C23H20ClF3N6O3/c1-4-36-22(35)16-11-29-33-17(8-9-28-20(16)33)14-6-5-7-15(10-14)30-21(34)13(3)32-12(2)18(24)19(31-32)23(25,26)27/h5-11,13H,4H2,1-3H3,(H,30,34). The molecule has 3 aromatic heterocycles. The average molecular weight is 521 g/mol. The summed E-state index contributed by atoms with van der Waals surface area (Å²) in [7, 11) is 0. The number of hydrogen-bond acceptors (Lipinski definition) is 6. The molecular formula is C23H20ClF3N6O3. The number of benzene rings is 1. The summed E-state index contributed by atoms with van der Waals surface area (Å²) in [6.45, 7) is 4.68. The second kappa shape index (κ2) is 9.61. The molecule has 1 unspecified atom stereocenters. The number of rotatable bonds is 6. The van der Waals surface area contributed by atoms with Crippen molar-refractivity contribution in [1.29, 1.82) is 0 Å². The van der Waals surface area contributed by atoms with Gasteiger partial charge in [0, 0.05) is 17.4 Å². The molecule has 0 saturated carbocycles. The molecular weight excluding hydrogens is 501 g/mol. The molecule has 1 aromatic carbocycles. The summed E-state index contributed by atoms with van der Waals surface area (Å²) in [6.07, 6.45) is -1.86. The first-order chi connectivity index (χ1) is 17.0. The molecule has 36 heavy (non-hydrogen) atoms. The van der Waals surface area contributed by atoms with Crippen LogP contribution in [0, 0.1) is 6.92 Å². The predicted octanol–water partition coefficient (Wildman–Crippen LogP) is 4.95. The molecule has 1 atom stereocenters. The third kappa shape index (κ3) is 4.63. The topological polar surface area (TPSA) is 103 Å². The number of nitrogens with zero attached hydrogens (tertiary/aromatic N) is 5. The summed E-state index contributed by atoms with van der Waals surface area (Å²) in [5, 5.41) is 9.90. The Labute approximate surface area is 207 Å². The number of hydrogen-bond donors (Lipinski definition) is 1. The van der Waals surface area contributed by atoms with Crippen LogP contribution >= 0.6 is 11.6 Å². The van der Waals surface area contributed by atoms with Crippen LogP contribution in [0.1, 0.15) is 41.6 Å². The zero-order chi connectivity index (χ0) is 26.2. The van der Waals surface area contributed by atoms with E-state index in [1.54, 1.807) is 37.3 Å². The molecule has 0 radical (unpaired) electrons. The van der Waals surface area contributed by atoms with Gasteiger partial charge >= 0.3 is 12.1 Å². The van der Waals surface area contributed by atoms with Gasteiger partial charge in [0.15, 0.2) is 11.3 Å². The number of aromatic nitrogens is 5. The fourth-order valence-corrected chi connectivity index (χ4v) is 3.87. The summed E-state index contributed by atoms with van der Waals surface area (Å²) in [5.41, 5.74) is 0.915. The second-order valence-corrected chi connectivity index (χ2v) is 8.16. The highest BCUT2D eigenvalue weighted by Gasteiger charge is 2.39. The van der Waals surface area contributed by atoms with E-state index in [0.29, 0.717) is 22.6 Å². The maximum Gasteiger partial charge on any atom is 0.436 e. The largest absolute Gasteiger partial charge is 0.462 e. The number of alkyl halides is 3. The van der Waals surface area contributed by atoms with Crippen LogP contribution < -0.4 is 5.32 Å². The summed E-state index contributed by atoms with van der Waals surface area (Å²) in [5.74, 6) is -1.14. The number of carbonyl (C=O) groups excluding carboxylic acids is 2. The van der Waals surface area contributed by atoms with E-state index in [0.717, 1.165) is 4.68 Å². The van der Waals surface area contributed by atoms with Gasteiger partial charge in [0.1, 0.15) is 11.6 Å². The molecule has 188 valence electrons. The van der Waals surface area contributed by atoms with Crippen LogP contribution in [0.5, 0.6) is 0 Å². The zero-order valence-corrected chi connectivity index (χ0v) is 20.1. The van der Waals surface area contributed by atoms with Gasteiger partial charge in [0.25, 0.3) is 0 Å². The van der Waals surface area contributed by atoms with E-state index in [-0.39, 0.29) is 17.9 Å². The Bertz CT molecular complexity index is 1460. The first-order valence-corrected chi connectivity index (χ1v) is 11.1. The van der Waals surface area contributed by atoms with Gasteiger partial charge in [0.2, 0.25) is 5.91 Å². The van der Waals surface area contributed by atoms with Gasteiger partial charge in [-0.1, -0.05) is 23.7 Å². The minimum atomic E-state index is -4.74. The smallest absolute Gasteiger partial charge is 0.436 e. The van der Waals surface area contributed by atoms with Crippen molar-refractivity contribution in [3.8, 4) is 11.3 Å².